The van der Waals surface area contributed by atoms with E-state index in [0.29, 0.717) is 18.6 Å². The summed E-state index contributed by atoms with van der Waals surface area (Å²) in [5.74, 6) is -0.177. The van der Waals surface area contributed by atoms with Crippen LogP contribution in [-0.2, 0) is 4.43 Å². The quantitative estimate of drug-likeness (QED) is 0.336. The number of carbonyl (C=O) groups excluding carboxylic acids is 1. The number of guanidine groups is 1. The smallest absolute Gasteiger partial charge is 0.257 e. The highest BCUT2D eigenvalue weighted by molar-refractivity contribution is 6.74. The molecule has 1 aromatic carbocycles. The average molecular weight is 362 g/mol. The monoisotopic (exact) mass is 361 g/mol. The van der Waals surface area contributed by atoms with Crippen LogP contribution in [0.5, 0.6) is 0 Å². The van der Waals surface area contributed by atoms with Gasteiger partial charge in [0.15, 0.2) is 14.3 Å². The molecule has 0 heterocycles. The van der Waals surface area contributed by atoms with Crippen molar-refractivity contribution in [3.05, 3.63) is 48.6 Å². The minimum atomic E-state index is -1.86. The maximum atomic E-state index is 12.1. The Morgan fingerprint density at radius 1 is 1.36 bits per heavy atom. The van der Waals surface area contributed by atoms with Crippen molar-refractivity contribution < 1.29 is 9.22 Å². The van der Waals surface area contributed by atoms with Gasteiger partial charge in [-0.15, -0.1) is 6.58 Å². The minimum absolute atomic E-state index is 0.0968. The Labute approximate surface area is 152 Å². The van der Waals surface area contributed by atoms with Crippen molar-refractivity contribution in [3.63, 3.8) is 0 Å². The Morgan fingerprint density at radius 3 is 2.48 bits per heavy atom. The van der Waals surface area contributed by atoms with Gasteiger partial charge in [-0.1, -0.05) is 45.0 Å². The lowest BCUT2D eigenvalue weighted by molar-refractivity contribution is 0.0976. The Morgan fingerprint density at radius 2 is 1.96 bits per heavy atom. The second-order valence-electron chi connectivity index (χ2n) is 7.58. The van der Waals surface area contributed by atoms with Crippen molar-refractivity contribution in [2.75, 3.05) is 6.61 Å². The Balaban J connectivity index is 2.73. The maximum absolute atomic E-state index is 12.1. The minimum Gasteiger partial charge on any atom is -0.415 e. The van der Waals surface area contributed by atoms with Gasteiger partial charge in [0, 0.05) is 5.56 Å². The summed E-state index contributed by atoms with van der Waals surface area (Å²) >= 11 is 0. The molecule has 1 unspecified atom stereocenters. The van der Waals surface area contributed by atoms with E-state index in [9.17, 15) is 4.79 Å². The predicted molar refractivity (Wildman–Crippen MR) is 107 cm³/mol. The van der Waals surface area contributed by atoms with Gasteiger partial charge in [0.2, 0.25) is 0 Å². The van der Waals surface area contributed by atoms with Crippen LogP contribution in [0.1, 0.15) is 37.6 Å². The number of hydrogen-bond donors (Lipinski definition) is 2. The van der Waals surface area contributed by atoms with Crippen LogP contribution in [0.25, 0.3) is 0 Å². The molecule has 0 spiro atoms. The number of hydrogen-bond acceptors (Lipinski definition) is 3. The highest BCUT2D eigenvalue weighted by Crippen LogP contribution is 2.36. The molecule has 138 valence electrons. The second kappa shape index (κ2) is 8.96. The highest BCUT2D eigenvalue weighted by atomic mass is 28.4. The van der Waals surface area contributed by atoms with E-state index >= 15 is 0 Å². The third-order valence-electron chi connectivity index (χ3n) is 4.48. The largest absolute Gasteiger partial charge is 0.415 e. The molecule has 0 bridgehead atoms. The third kappa shape index (κ3) is 6.84. The summed E-state index contributed by atoms with van der Waals surface area (Å²) in [6.07, 6.45) is 2.42. The van der Waals surface area contributed by atoms with Crippen molar-refractivity contribution in [1.29, 1.82) is 0 Å². The topological polar surface area (TPSA) is 76.7 Å². The van der Waals surface area contributed by atoms with Gasteiger partial charge < -0.3 is 10.2 Å². The van der Waals surface area contributed by atoms with Crippen LogP contribution in [0, 0.1) is 0 Å². The van der Waals surface area contributed by atoms with Crippen molar-refractivity contribution in [2.45, 2.75) is 51.4 Å². The summed E-state index contributed by atoms with van der Waals surface area (Å²) in [7, 11) is -1.86. The summed E-state index contributed by atoms with van der Waals surface area (Å²) in [4.78, 5) is 16.5. The van der Waals surface area contributed by atoms with Crippen molar-refractivity contribution in [1.82, 2.24) is 5.32 Å². The molecule has 25 heavy (non-hydrogen) atoms. The lowest BCUT2D eigenvalue weighted by Gasteiger charge is -2.36. The molecule has 1 rings (SSSR count). The van der Waals surface area contributed by atoms with Crippen molar-refractivity contribution in [2.24, 2.45) is 10.7 Å². The molecule has 0 fully saturated rings. The zero-order valence-corrected chi connectivity index (χ0v) is 17.0. The lowest BCUT2D eigenvalue weighted by atomic mass is 10.2. The Bertz CT molecular complexity index is 607. The fourth-order valence-corrected chi connectivity index (χ4v) is 2.92. The van der Waals surface area contributed by atoms with Crippen LogP contribution < -0.4 is 11.1 Å². The number of carbonyl (C=O) groups is 1. The van der Waals surface area contributed by atoms with Crippen LogP contribution in [0.4, 0.5) is 0 Å². The van der Waals surface area contributed by atoms with Gasteiger partial charge in [0.25, 0.3) is 5.91 Å². The molecule has 6 heteroatoms. The van der Waals surface area contributed by atoms with E-state index < -0.39 is 8.32 Å². The number of nitrogens with two attached hydrogens (primary N) is 1. The number of benzene rings is 1. The molecule has 0 aliphatic carbocycles. The van der Waals surface area contributed by atoms with Crippen LogP contribution >= 0.6 is 0 Å². The molecule has 0 saturated heterocycles. The van der Waals surface area contributed by atoms with E-state index in [-0.39, 0.29) is 22.9 Å². The number of amides is 1. The summed E-state index contributed by atoms with van der Waals surface area (Å²) in [6.45, 7) is 15.2. The first kappa shape index (κ1) is 21.1. The zero-order chi connectivity index (χ0) is 19.1. The molecule has 1 atom stereocenters. The van der Waals surface area contributed by atoms with Gasteiger partial charge in [-0.2, -0.15) is 0 Å². The summed E-state index contributed by atoms with van der Waals surface area (Å²) in [5.41, 5.74) is 6.45. The van der Waals surface area contributed by atoms with Crippen molar-refractivity contribution >= 4 is 20.2 Å². The Hall–Kier alpha value is -1.92. The first-order chi connectivity index (χ1) is 11.6. The third-order valence-corrected chi connectivity index (χ3v) is 8.98. The number of nitrogens with zero attached hydrogens (tertiary/aromatic N) is 1. The Kier molecular flexibility index (Phi) is 7.57. The molecule has 5 nitrogen and oxygen atoms in total. The van der Waals surface area contributed by atoms with Crippen molar-refractivity contribution in [3.8, 4) is 0 Å². The first-order valence-corrected chi connectivity index (χ1v) is 11.4. The second-order valence-corrected chi connectivity index (χ2v) is 12.4. The van der Waals surface area contributed by atoms with E-state index in [0.717, 1.165) is 0 Å². The van der Waals surface area contributed by atoms with Crippen LogP contribution in [0.3, 0.4) is 0 Å². The SMILES string of the molecule is C=CCC(CO[Si](C)(C)C(C)(C)C)N=C(N)NC(=O)c1ccccc1. The van der Waals surface area contributed by atoms with Gasteiger partial charge in [-0.3, -0.25) is 10.1 Å². The van der Waals surface area contributed by atoms with Gasteiger partial charge in [-0.05, 0) is 36.7 Å². The molecule has 1 aromatic rings. The molecule has 0 radical (unpaired) electrons. The fourth-order valence-electron chi connectivity index (χ4n) is 1.88. The van der Waals surface area contributed by atoms with E-state index in [2.05, 4.69) is 50.8 Å². The number of rotatable bonds is 7. The summed E-state index contributed by atoms with van der Waals surface area (Å²) in [6, 6.07) is 8.75. The van der Waals surface area contributed by atoms with Gasteiger partial charge in [0.05, 0.1) is 12.6 Å². The molecule has 0 aromatic heterocycles. The zero-order valence-electron chi connectivity index (χ0n) is 16.0. The molecule has 0 aliphatic heterocycles. The standard InChI is InChI=1S/C19H31N3O2Si/c1-7-11-16(14-24-25(5,6)19(2,3)4)21-18(20)22-17(23)15-12-9-8-10-13-15/h7-10,12-13,16H,1,11,14H2,2-6H3,(H3,20,21,22,23). The molecule has 1 amide bonds. The van der Waals surface area contributed by atoms with Crippen LogP contribution in [0.2, 0.25) is 18.1 Å². The van der Waals surface area contributed by atoms with E-state index in [1.54, 1.807) is 30.3 Å². The molecular weight excluding hydrogens is 330 g/mol. The van der Waals surface area contributed by atoms with Crippen LogP contribution in [0.15, 0.2) is 48.0 Å². The van der Waals surface area contributed by atoms with Gasteiger partial charge in [0.1, 0.15) is 0 Å². The number of nitrogens with one attached hydrogen (secondary N) is 1. The van der Waals surface area contributed by atoms with E-state index in [1.807, 2.05) is 6.07 Å². The lowest BCUT2D eigenvalue weighted by Crippen LogP contribution is -2.43. The van der Waals surface area contributed by atoms with Gasteiger partial charge in [-0.25, -0.2) is 4.99 Å². The number of aliphatic imine (C=N–C) groups is 1. The molecular formula is C19H31N3O2Si. The summed E-state index contributed by atoms with van der Waals surface area (Å²) in [5, 5.41) is 2.75. The van der Waals surface area contributed by atoms with E-state index in [4.69, 9.17) is 10.2 Å². The van der Waals surface area contributed by atoms with Gasteiger partial charge >= 0.3 is 0 Å². The highest BCUT2D eigenvalue weighted by Gasteiger charge is 2.37. The van der Waals surface area contributed by atoms with E-state index in [1.165, 1.54) is 0 Å². The molecule has 0 aliphatic rings. The summed E-state index contributed by atoms with van der Waals surface area (Å²) < 4.78 is 6.21. The predicted octanol–water partition coefficient (Wildman–Crippen LogP) is 3.70. The molecule has 0 saturated carbocycles. The fraction of sp³-hybridized carbons (Fsp3) is 0.474. The molecule has 3 N–H and O–H groups in total. The normalized spacial score (nSPS) is 14.0. The van der Waals surface area contributed by atoms with Crippen LogP contribution in [-0.4, -0.2) is 32.8 Å². The first-order valence-electron chi connectivity index (χ1n) is 8.51. The maximum Gasteiger partial charge on any atom is 0.257 e. The average Bonchev–Trinajstić information content (AvgIpc) is 2.52.